The number of imidazole rings is 1. The van der Waals surface area contributed by atoms with Crippen molar-refractivity contribution >= 4 is 22.6 Å². The summed E-state index contributed by atoms with van der Waals surface area (Å²) in [5.74, 6) is 1.72. The number of halogens is 1. The van der Waals surface area contributed by atoms with Crippen molar-refractivity contribution < 1.29 is 4.74 Å². The summed E-state index contributed by atoms with van der Waals surface area (Å²) in [6.07, 6.45) is 0. The van der Waals surface area contributed by atoms with Crippen molar-refractivity contribution in [3.05, 3.63) is 77.8 Å². The molecular formula is C20H15ClN2O. The van der Waals surface area contributed by atoms with Crippen LogP contribution in [-0.2, 0) is 0 Å². The van der Waals surface area contributed by atoms with Gasteiger partial charge in [0.15, 0.2) is 0 Å². The molecule has 0 N–H and O–H groups in total. The van der Waals surface area contributed by atoms with E-state index in [9.17, 15) is 0 Å². The van der Waals surface area contributed by atoms with Gasteiger partial charge in [0.2, 0.25) is 0 Å². The van der Waals surface area contributed by atoms with Crippen molar-refractivity contribution in [2.75, 3.05) is 7.11 Å². The van der Waals surface area contributed by atoms with E-state index in [1.807, 2.05) is 66.7 Å². The van der Waals surface area contributed by atoms with Gasteiger partial charge in [-0.1, -0.05) is 23.7 Å². The number of hydrogen-bond acceptors (Lipinski definition) is 2. The number of fused-ring (bicyclic) bond motifs is 1. The van der Waals surface area contributed by atoms with Crippen LogP contribution in [-0.4, -0.2) is 16.7 Å². The second kappa shape index (κ2) is 6.02. The van der Waals surface area contributed by atoms with Crippen LogP contribution in [0.25, 0.3) is 28.1 Å². The first-order valence-corrected chi connectivity index (χ1v) is 8.02. The van der Waals surface area contributed by atoms with Crippen molar-refractivity contribution in [2.24, 2.45) is 0 Å². The number of para-hydroxylation sites is 2. The van der Waals surface area contributed by atoms with Gasteiger partial charge in [-0.2, -0.15) is 0 Å². The Balaban J connectivity index is 1.97. The number of ether oxygens (including phenoxy) is 1. The molecule has 0 atom stereocenters. The topological polar surface area (TPSA) is 27.1 Å². The lowest BCUT2D eigenvalue weighted by Crippen LogP contribution is -1.97. The Hall–Kier alpha value is -2.78. The number of aromatic nitrogens is 2. The fraction of sp³-hybridized carbons (Fsp3) is 0.0500. The van der Waals surface area contributed by atoms with Crippen molar-refractivity contribution in [3.63, 3.8) is 0 Å². The van der Waals surface area contributed by atoms with Crippen LogP contribution >= 0.6 is 11.6 Å². The molecule has 0 radical (unpaired) electrons. The van der Waals surface area contributed by atoms with E-state index in [4.69, 9.17) is 21.3 Å². The maximum absolute atomic E-state index is 6.04. The predicted molar refractivity (Wildman–Crippen MR) is 98.1 cm³/mol. The SMILES string of the molecule is COc1ccc(-c2nc3ccccc3n2-c2ccc(Cl)cc2)cc1. The smallest absolute Gasteiger partial charge is 0.145 e. The monoisotopic (exact) mass is 334 g/mol. The highest BCUT2D eigenvalue weighted by Gasteiger charge is 2.14. The van der Waals surface area contributed by atoms with Crippen molar-refractivity contribution in [2.45, 2.75) is 0 Å². The van der Waals surface area contributed by atoms with Gasteiger partial charge in [0.1, 0.15) is 11.6 Å². The summed E-state index contributed by atoms with van der Waals surface area (Å²) in [4.78, 5) is 4.83. The molecule has 4 heteroatoms. The van der Waals surface area contributed by atoms with E-state index < -0.39 is 0 Å². The molecule has 1 aromatic heterocycles. The van der Waals surface area contributed by atoms with Gasteiger partial charge in [0.25, 0.3) is 0 Å². The first kappa shape index (κ1) is 14.8. The summed E-state index contributed by atoms with van der Waals surface area (Å²) in [5.41, 5.74) is 4.07. The second-order valence-corrected chi connectivity index (χ2v) is 5.90. The molecule has 0 aliphatic carbocycles. The number of methoxy groups -OCH3 is 1. The standard InChI is InChI=1S/C20H15ClN2O/c1-24-17-12-6-14(7-13-17)20-22-18-4-2-3-5-19(18)23(20)16-10-8-15(21)9-11-16/h2-13H,1H3. The molecule has 3 nitrogen and oxygen atoms in total. The maximum atomic E-state index is 6.04. The summed E-state index contributed by atoms with van der Waals surface area (Å²) in [7, 11) is 1.66. The second-order valence-electron chi connectivity index (χ2n) is 5.46. The third-order valence-corrected chi connectivity index (χ3v) is 4.25. The molecule has 1 heterocycles. The highest BCUT2D eigenvalue weighted by Crippen LogP contribution is 2.30. The van der Waals surface area contributed by atoms with Gasteiger partial charge in [-0.05, 0) is 60.7 Å². The first-order chi connectivity index (χ1) is 11.8. The highest BCUT2D eigenvalue weighted by molar-refractivity contribution is 6.30. The molecule has 0 saturated carbocycles. The maximum Gasteiger partial charge on any atom is 0.145 e. The van der Waals surface area contributed by atoms with Crippen LogP contribution < -0.4 is 4.74 Å². The van der Waals surface area contributed by atoms with Crippen molar-refractivity contribution in [3.8, 4) is 22.8 Å². The van der Waals surface area contributed by atoms with E-state index in [0.717, 1.165) is 33.9 Å². The van der Waals surface area contributed by atoms with Gasteiger partial charge in [-0.25, -0.2) is 4.98 Å². The van der Waals surface area contributed by atoms with Gasteiger partial charge >= 0.3 is 0 Å². The van der Waals surface area contributed by atoms with Crippen molar-refractivity contribution in [1.82, 2.24) is 9.55 Å². The fourth-order valence-electron chi connectivity index (χ4n) is 2.81. The van der Waals surface area contributed by atoms with E-state index in [1.54, 1.807) is 7.11 Å². The van der Waals surface area contributed by atoms with Gasteiger partial charge in [-0.3, -0.25) is 4.57 Å². The zero-order valence-corrected chi connectivity index (χ0v) is 13.9. The van der Waals surface area contributed by atoms with Gasteiger partial charge in [-0.15, -0.1) is 0 Å². The Kier molecular flexibility index (Phi) is 3.71. The minimum Gasteiger partial charge on any atom is -0.497 e. The molecular weight excluding hydrogens is 320 g/mol. The van der Waals surface area contributed by atoms with Crippen LogP contribution in [0.15, 0.2) is 72.8 Å². The van der Waals surface area contributed by atoms with Crippen LogP contribution in [0.3, 0.4) is 0 Å². The molecule has 0 saturated heterocycles. The Morgan fingerprint density at radius 1 is 0.875 bits per heavy atom. The van der Waals surface area contributed by atoms with E-state index >= 15 is 0 Å². The van der Waals surface area contributed by atoms with Gasteiger partial charge < -0.3 is 4.74 Å². The average Bonchev–Trinajstić information content (AvgIpc) is 3.02. The third-order valence-electron chi connectivity index (χ3n) is 3.99. The Morgan fingerprint density at radius 2 is 1.58 bits per heavy atom. The van der Waals surface area contributed by atoms with E-state index in [1.165, 1.54) is 0 Å². The summed E-state index contributed by atoms with van der Waals surface area (Å²) in [6, 6.07) is 23.8. The molecule has 4 rings (SSSR count). The van der Waals surface area contributed by atoms with Crippen LogP contribution in [0.1, 0.15) is 0 Å². The van der Waals surface area contributed by atoms with Gasteiger partial charge in [0, 0.05) is 16.3 Å². The number of hydrogen-bond donors (Lipinski definition) is 0. The molecule has 24 heavy (non-hydrogen) atoms. The van der Waals surface area contributed by atoms with Crippen LogP contribution in [0.2, 0.25) is 5.02 Å². The minimum absolute atomic E-state index is 0.717. The molecule has 0 fully saturated rings. The molecule has 0 spiro atoms. The van der Waals surface area contributed by atoms with E-state index in [-0.39, 0.29) is 0 Å². The lowest BCUT2D eigenvalue weighted by molar-refractivity contribution is 0.415. The Bertz CT molecular complexity index is 989. The largest absolute Gasteiger partial charge is 0.497 e. The third kappa shape index (κ3) is 2.53. The van der Waals surface area contributed by atoms with Crippen LogP contribution in [0, 0.1) is 0 Å². The molecule has 3 aromatic carbocycles. The predicted octanol–water partition coefficient (Wildman–Crippen LogP) is 5.35. The van der Waals surface area contributed by atoms with Crippen molar-refractivity contribution in [1.29, 1.82) is 0 Å². The minimum atomic E-state index is 0.717. The quantitative estimate of drug-likeness (QED) is 0.504. The molecule has 0 amide bonds. The zero-order valence-electron chi connectivity index (χ0n) is 13.1. The Labute approximate surface area is 145 Å². The lowest BCUT2D eigenvalue weighted by atomic mass is 10.2. The number of nitrogens with zero attached hydrogens (tertiary/aromatic N) is 2. The normalized spacial score (nSPS) is 10.9. The average molecular weight is 335 g/mol. The first-order valence-electron chi connectivity index (χ1n) is 7.64. The number of benzene rings is 3. The number of rotatable bonds is 3. The Morgan fingerprint density at radius 3 is 2.29 bits per heavy atom. The highest BCUT2D eigenvalue weighted by atomic mass is 35.5. The van der Waals surface area contributed by atoms with E-state index in [0.29, 0.717) is 5.02 Å². The zero-order chi connectivity index (χ0) is 16.5. The molecule has 118 valence electrons. The fourth-order valence-corrected chi connectivity index (χ4v) is 2.94. The van der Waals surface area contributed by atoms with Crippen LogP contribution in [0.4, 0.5) is 0 Å². The summed E-state index contributed by atoms with van der Waals surface area (Å²) in [6.45, 7) is 0. The van der Waals surface area contributed by atoms with Gasteiger partial charge in [0.05, 0.1) is 18.1 Å². The molecule has 4 aromatic rings. The molecule has 0 unspecified atom stereocenters. The molecule has 0 aliphatic rings. The van der Waals surface area contributed by atoms with Crippen LogP contribution in [0.5, 0.6) is 5.75 Å². The summed E-state index contributed by atoms with van der Waals surface area (Å²) in [5, 5.41) is 0.717. The summed E-state index contributed by atoms with van der Waals surface area (Å²) < 4.78 is 7.40. The lowest BCUT2D eigenvalue weighted by Gasteiger charge is -2.10. The molecule has 0 bridgehead atoms. The summed E-state index contributed by atoms with van der Waals surface area (Å²) >= 11 is 6.04. The van der Waals surface area contributed by atoms with E-state index in [2.05, 4.69) is 10.6 Å². The molecule has 0 aliphatic heterocycles.